The molecule has 0 spiro atoms. The molecule has 0 unspecified atom stereocenters. The second kappa shape index (κ2) is 9.16. The molecule has 3 amide bonds. The average Bonchev–Trinajstić information content (AvgIpc) is 3.26. The largest absolute Gasteiger partial charge is 0.395 e. The van der Waals surface area contributed by atoms with E-state index in [4.69, 9.17) is 16.7 Å². The highest BCUT2D eigenvalue weighted by molar-refractivity contribution is 6.30. The maximum Gasteiger partial charge on any atom is 0.277 e. The molecule has 3 heterocycles. The summed E-state index contributed by atoms with van der Waals surface area (Å²) in [4.78, 5) is 42.6. The second-order valence-corrected chi connectivity index (χ2v) is 9.01. The van der Waals surface area contributed by atoms with Crippen molar-refractivity contribution in [2.75, 3.05) is 38.2 Å². The van der Waals surface area contributed by atoms with Crippen LogP contribution in [-0.2, 0) is 12.8 Å². The normalized spacial score (nSPS) is 15.2. The number of benzene rings is 2. The van der Waals surface area contributed by atoms with Gasteiger partial charge in [-0.05, 0) is 48.7 Å². The third-order valence-electron chi connectivity index (χ3n) is 6.38. The van der Waals surface area contributed by atoms with Crippen molar-refractivity contribution in [3.63, 3.8) is 0 Å². The Bertz CT molecular complexity index is 1350. The van der Waals surface area contributed by atoms with E-state index in [2.05, 4.69) is 10.4 Å². The number of fused-ring (bicyclic) bond motifs is 2. The molecule has 35 heavy (non-hydrogen) atoms. The van der Waals surface area contributed by atoms with Crippen molar-refractivity contribution in [3.8, 4) is 5.69 Å². The van der Waals surface area contributed by atoms with Crippen molar-refractivity contribution >= 4 is 35.0 Å². The molecular weight excluding hydrogens is 470 g/mol. The van der Waals surface area contributed by atoms with Crippen LogP contribution in [-0.4, -0.2) is 70.8 Å². The molecule has 10 heteroatoms. The minimum Gasteiger partial charge on any atom is -0.395 e. The predicted molar refractivity (Wildman–Crippen MR) is 130 cm³/mol. The fourth-order valence-corrected chi connectivity index (χ4v) is 4.77. The van der Waals surface area contributed by atoms with Crippen LogP contribution in [0.4, 0.5) is 5.69 Å². The lowest BCUT2D eigenvalue weighted by atomic mass is 9.97. The molecule has 1 aromatic heterocycles. The summed E-state index contributed by atoms with van der Waals surface area (Å²) >= 11 is 6.19. The number of likely N-dealkylation sites (N-methyl/N-ethyl adjacent to an activating group) is 1. The number of carbonyl (C=O) groups is 3. The number of hydrogen-bond donors (Lipinski definition) is 2. The second-order valence-electron chi connectivity index (χ2n) is 8.57. The summed E-state index contributed by atoms with van der Waals surface area (Å²) in [5.74, 6) is -0.846. The van der Waals surface area contributed by atoms with E-state index in [9.17, 15) is 14.4 Å². The van der Waals surface area contributed by atoms with Crippen molar-refractivity contribution in [1.29, 1.82) is 0 Å². The van der Waals surface area contributed by atoms with E-state index in [1.54, 1.807) is 47.2 Å². The zero-order chi connectivity index (χ0) is 24.7. The number of halogens is 1. The molecule has 0 fully saturated rings. The Morgan fingerprint density at radius 3 is 2.69 bits per heavy atom. The molecule has 2 aliphatic rings. The third-order valence-corrected chi connectivity index (χ3v) is 6.62. The SMILES string of the molecule is CN1CCc2ccc(N3CCc4c(C(=O)NCCO)nn(-c5cccc(Cl)c5)c4C3=O)cc2C1=O. The number of aliphatic hydroxyl groups is 1. The number of carbonyl (C=O) groups excluding carboxylic acids is 3. The molecule has 0 saturated carbocycles. The van der Waals surface area contributed by atoms with Crippen LogP contribution in [0.3, 0.4) is 0 Å². The van der Waals surface area contributed by atoms with Gasteiger partial charge in [0.1, 0.15) is 5.69 Å². The number of aromatic nitrogens is 2. The number of rotatable bonds is 5. The highest BCUT2D eigenvalue weighted by Crippen LogP contribution is 2.31. The summed E-state index contributed by atoms with van der Waals surface area (Å²) in [7, 11) is 1.77. The number of nitrogens with one attached hydrogen (secondary N) is 1. The van der Waals surface area contributed by atoms with E-state index < -0.39 is 5.91 Å². The van der Waals surface area contributed by atoms with Gasteiger partial charge in [0.25, 0.3) is 17.7 Å². The summed E-state index contributed by atoms with van der Waals surface area (Å²) < 4.78 is 1.45. The molecule has 0 radical (unpaired) electrons. The minimum absolute atomic E-state index is 0.0648. The Labute approximate surface area is 206 Å². The Hall–Kier alpha value is -3.69. The van der Waals surface area contributed by atoms with Gasteiger partial charge in [-0.25, -0.2) is 4.68 Å². The molecule has 0 bridgehead atoms. The fraction of sp³-hybridized carbons (Fsp3) is 0.280. The lowest BCUT2D eigenvalue weighted by Crippen LogP contribution is -2.40. The maximum absolute atomic E-state index is 13.8. The summed E-state index contributed by atoms with van der Waals surface area (Å²) in [6.45, 7) is 0.866. The van der Waals surface area contributed by atoms with Crippen LogP contribution in [0.5, 0.6) is 0 Å². The lowest BCUT2D eigenvalue weighted by Gasteiger charge is -2.30. The molecule has 2 aliphatic heterocycles. The topological polar surface area (TPSA) is 108 Å². The van der Waals surface area contributed by atoms with Gasteiger partial charge in [-0.3, -0.25) is 14.4 Å². The Morgan fingerprint density at radius 1 is 1.09 bits per heavy atom. The highest BCUT2D eigenvalue weighted by atomic mass is 35.5. The zero-order valence-corrected chi connectivity index (χ0v) is 19.9. The standard InChI is InChI=1S/C25H24ClN5O4/c1-29-10-7-15-5-6-17(14-20(15)24(29)34)30-11-8-19-21(23(33)27-9-12-32)28-31(22(19)25(30)35)18-4-2-3-16(26)13-18/h2-6,13-14,32H,7-12H2,1H3,(H,27,33). The van der Waals surface area contributed by atoms with E-state index in [-0.39, 0.29) is 36.4 Å². The van der Waals surface area contributed by atoms with Crippen molar-refractivity contribution < 1.29 is 19.5 Å². The molecule has 0 saturated heterocycles. The number of hydrogen-bond acceptors (Lipinski definition) is 5. The Balaban J connectivity index is 1.58. The third kappa shape index (κ3) is 4.06. The van der Waals surface area contributed by atoms with Crippen LogP contribution in [0.1, 0.15) is 42.5 Å². The summed E-state index contributed by atoms with van der Waals surface area (Å²) in [5.41, 5.74) is 3.68. The van der Waals surface area contributed by atoms with E-state index >= 15 is 0 Å². The van der Waals surface area contributed by atoms with Gasteiger partial charge in [0, 0.05) is 48.5 Å². The monoisotopic (exact) mass is 493 g/mol. The molecule has 2 aromatic carbocycles. The smallest absolute Gasteiger partial charge is 0.277 e. The first kappa shape index (κ1) is 23.1. The van der Waals surface area contributed by atoms with Crippen LogP contribution < -0.4 is 10.2 Å². The number of amides is 3. The first-order valence-electron chi connectivity index (χ1n) is 11.4. The van der Waals surface area contributed by atoms with Gasteiger partial charge in [-0.15, -0.1) is 0 Å². The number of anilines is 1. The Kier molecular flexibility index (Phi) is 6.04. The van der Waals surface area contributed by atoms with Crippen LogP contribution in [0.25, 0.3) is 5.69 Å². The van der Waals surface area contributed by atoms with Gasteiger partial charge < -0.3 is 20.2 Å². The van der Waals surface area contributed by atoms with Crippen LogP contribution in [0.2, 0.25) is 5.02 Å². The van der Waals surface area contributed by atoms with Crippen LogP contribution in [0.15, 0.2) is 42.5 Å². The van der Waals surface area contributed by atoms with E-state index in [0.717, 1.165) is 12.0 Å². The predicted octanol–water partition coefficient (Wildman–Crippen LogP) is 2.08. The maximum atomic E-state index is 13.8. The first-order valence-corrected chi connectivity index (χ1v) is 11.7. The fourth-order valence-electron chi connectivity index (χ4n) is 4.58. The summed E-state index contributed by atoms with van der Waals surface area (Å²) in [5, 5.41) is 16.7. The highest BCUT2D eigenvalue weighted by Gasteiger charge is 2.35. The van der Waals surface area contributed by atoms with Crippen LogP contribution >= 0.6 is 11.6 Å². The molecule has 0 aliphatic carbocycles. The van der Waals surface area contributed by atoms with E-state index in [1.165, 1.54) is 4.68 Å². The van der Waals surface area contributed by atoms with E-state index in [1.807, 2.05) is 12.1 Å². The van der Waals surface area contributed by atoms with Crippen molar-refractivity contribution in [2.24, 2.45) is 0 Å². The quantitative estimate of drug-likeness (QED) is 0.566. The number of aliphatic hydroxyl groups excluding tert-OH is 1. The van der Waals surface area contributed by atoms with Crippen molar-refractivity contribution in [3.05, 3.63) is 75.6 Å². The molecule has 9 nitrogen and oxygen atoms in total. The number of nitrogens with zero attached hydrogens (tertiary/aromatic N) is 4. The van der Waals surface area contributed by atoms with Crippen molar-refractivity contribution in [2.45, 2.75) is 12.8 Å². The van der Waals surface area contributed by atoms with E-state index in [0.29, 0.717) is 47.0 Å². The summed E-state index contributed by atoms with van der Waals surface area (Å²) in [6, 6.07) is 12.4. The molecular formula is C25H24ClN5O4. The van der Waals surface area contributed by atoms with Gasteiger partial charge in [-0.2, -0.15) is 5.10 Å². The zero-order valence-electron chi connectivity index (χ0n) is 19.1. The van der Waals surface area contributed by atoms with Crippen molar-refractivity contribution in [1.82, 2.24) is 20.0 Å². The van der Waals surface area contributed by atoms with Gasteiger partial charge in [0.05, 0.1) is 12.3 Å². The molecule has 180 valence electrons. The molecule has 2 N–H and O–H groups in total. The molecule has 3 aromatic rings. The summed E-state index contributed by atoms with van der Waals surface area (Å²) in [6.07, 6.45) is 1.16. The lowest BCUT2D eigenvalue weighted by molar-refractivity contribution is 0.0780. The van der Waals surface area contributed by atoms with Gasteiger partial charge in [-0.1, -0.05) is 23.7 Å². The molecule has 0 atom stereocenters. The first-order chi connectivity index (χ1) is 16.9. The van der Waals surface area contributed by atoms with Gasteiger partial charge in [0.2, 0.25) is 0 Å². The minimum atomic E-state index is -0.459. The average molecular weight is 494 g/mol. The molecule has 5 rings (SSSR count). The van der Waals surface area contributed by atoms with Gasteiger partial charge >= 0.3 is 0 Å². The van der Waals surface area contributed by atoms with Gasteiger partial charge in [0.15, 0.2) is 5.69 Å². The van der Waals surface area contributed by atoms with Crippen LogP contribution in [0, 0.1) is 0 Å². The Morgan fingerprint density at radius 2 is 1.91 bits per heavy atom.